The number of aliphatic hydroxyl groups is 1. The van der Waals surface area contributed by atoms with E-state index in [-0.39, 0.29) is 11.9 Å². The number of hydrogen-bond acceptors (Lipinski definition) is 3. The second-order valence-corrected chi connectivity index (χ2v) is 3.95. The van der Waals surface area contributed by atoms with Crippen molar-refractivity contribution in [3.05, 3.63) is 36.3 Å². The Morgan fingerprint density at radius 3 is 3.00 bits per heavy atom. The van der Waals surface area contributed by atoms with Crippen molar-refractivity contribution < 1.29 is 9.50 Å². The lowest BCUT2D eigenvalue weighted by Gasteiger charge is -2.37. The first-order valence-electron chi connectivity index (χ1n) is 5.13. The Balaban J connectivity index is 2.17. The smallest absolute Gasteiger partial charge is 0.139 e. The molecule has 1 aliphatic heterocycles. The molecule has 0 bridgehead atoms. The molecule has 1 aliphatic rings. The molecule has 3 rings (SSSR count). The topological polar surface area (TPSA) is 36.4 Å². The van der Waals surface area contributed by atoms with Crippen molar-refractivity contribution in [2.24, 2.45) is 0 Å². The van der Waals surface area contributed by atoms with Gasteiger partial charge in [0.05, 0.1) is 11.5 Å². The van der Waals surface area contributed by atoms with E-state index in [0.29, 0.717) is 29.7 Å². The summed E-state index contributed by atoms with van der Waals surface area (Å²) >= 11 is 0. The number of aromatic nitrogens is 1. The van der Waals surface area contributed by atoms with Gasteiger partial charge in [-0.1, -0.05) is 12.1 Å². The standard InChI is InChI=1S/C12H10FN2O/c13-10-3-1-2-8-4-5-14-12(11(8)10)15-6-9(16)7-15/h1-3,5,9,16H,6-7H2. The molecule has 16 heavy (non-hydrogen) atoms. The van der Waals surface area contributed by atoms with Gasteiger partial charge in [0.2, 0.25) is 0 Å². The van der Waals surface area contributed by atoms with Gasteiger partial charge in [-0.15, -0.1) is 0 Å². The van der Waals surface area contributed by atoms with Crippen LogP contribution in [-0.4, -0.2) is 29.3 Å². The third-order valence-corrected chi connectivity index (χ3v) is 2.81. The molecule has 1 aromatic carbocycles. The number of halogens is 1. The minimum Gasteiger partial charge on any atom is -0.389 e. The Hall–Kier alpha value is -1.68. The summed E-state index contributed by atoms with van der Waals surface area (Å²) in [5.41, 5.74) is 0. The van der Waals surface area contributed by atoms with Crippen LogP contribution in [0.4, 0.5) is 10.2 Å². The number of hydrogen-bond donors (Lipinski definition) is 1. The molecular weight excluding hydrogens is 207 g/mol. The van der Waals surface area contributed by atoms with Crippen LogP contribution in [-0.2, 0) is 0 Å². The molecule has 2 aromatic rings. The van der Waals surface area contributed by atoms with Gasteiger partial charge in [0.15, 0.2) is 0 Å². The molecule has 1 radical (unpaired) electrons. The number of anilines is 1. The summed E-state index contributed by atoms with van der Waals surface area (Å²) in [6.45, 7) is 1.03. The summed E-state index contributed by atoms with van der Waals surface area (Å²) < 4.78 is 13.7. The summed E-state index contributed by atoms with van der Waals surface area (Å²) in [6.07, 6.45) is 1.22. The Labute approximate surface area is 92.1 Å². The van der Waals surface area contributed by atoms with Gasteiger partial charge in [0.25, 0.3) is 0 Å². The highest BCUT2D eigenvalue weighted by Crippen LogP contribution is 2.29. The maximum Gasteiger partial charge on any atom is 0.139 e. The quantitative estimate of drug-likeness (QED) is 0.783. The van der Waals surface area contributed by atoms with E-state index >= 15 is 0 Å². The van der Waals surface area contributed by atoms with Crippen LogP contribution in [0.3, 0.4) is 0 Å². The average molecular weight is 217 g/mol. The fourth-order valence-electron chi connectivity index (χ4n) is 1.97. The first kappa shape index (κ1) is 9.54. The van der Waals surface area contributed by atoms with Gasteiger partial charge in [-0.3, -0.25) is 0 Å². The lowest BCUT2D eigenvalue weighted by Crippen LogP contribution is -2.51. The van der Waals surface area contributed by atoms with Crippen molar-refractivity contribution in [2.75, 3.05) is 18.0 Å². The Bertz CT molecular complexity index is 532. The van der Waals surface area contributed by atoms with Crippen LogP contribution in [0.15, 0.2) is 24.4 Å². The summed E-state index contributed by atoms with van der Waals surface area (Å²) in [5.74, 6) is 0.301. The molecular formula is C12H10FN2O. The minimum absolute atomic E-state index is 0.293. The van der Waals surface area contributed by atoms with E-state index in [1.54, 1.807) is 18.3 Å². The predicted molar refractivity (Wildman–Crippen MR) is 58.8 cm³/mol. The van der Waals surface area contributed by atoms with Crippen LogP contribution in [0.25, 0.3) is 10.8 Å². The first-order valence-corrected chi connectivity index (χ1v) is 5.13. The number of fused-ring (bicyclic) bond motifs is 1. The Morgan fingerprint density at radius 1 is 1.44 bits per heavy atom. The highest BCUT2D eigenvalue weighted by Gasteiger charge is 2.27. The lowest BCUT2D eigenvalue weighted by molar-refractivity contribution is 0.141. The van der Waals surface area contributed by atoms with Crippen molar-refractivity contribution >= 4 is 16.6 Å². The van der Waals surface area contributed by atoms with Crippen molar-refractivity contribution in [1.29, 1.82) is 0 Å². The van der Waals surface area contributed by atoms with Crippen molar-refractivity contribution in [3.63, 3.8) is 0 Å². The molecule has 0 amide bonds. The molecule has 4 heteroatoms. The number of pyridine rings is 1. The molecule has 0 atom stereocenters. The van der Waals surface area contributed by atoms with Crippen molar-refractivity contribution in [1.82, 2.24) is 4.98 Å². The summed E-state index contributed by atoms with van der Waals surface area (Å²) in [4.78, 5) is 6.01. The fraction of sp³-hybridized carbons (Fsp3) is 0.250. The summed E-state index contributed by atoms with van der Waals surface area (Å²) in [6, 6.07) is 7.78. The van der Waals surface area contributed by atoms with Crippen LogP contribution < -0.4 is 4.90 Å². The molecule has 0 aliphatic carbocycles. The van der Waals surface area contributed by atoms with Gasteiger partial charge in [-0.25, -0.2) is 9.37 Å². The van der Waals surface area contributed by atoms with E-state index in [1.165, 1.54) is 6.07 Å². The van der Waals surface area contributed by atoms with Gasteiger partial charge in [0, 0.05) is 25.4 Å². The number of benzene rings is 1. The van der Waals surface area contributed by atoms with Gasteiger partial charge in [0.1, 0.15) is 11.6 Å². The van der Waals surface area contributed by atoms with Crippen LogP contribution >= 0.6 is 0 Å². The second kappa shape index (κ2) is 3.42. The molecule has 1 fully saturated rings. The number of nitrogens with zero attached hydrogens (tertiary/aromatic N) is 2. The maximum atomic E-state index is 13.7. The molecule has 3 nitrogen and oxygen atoms in total. The van der Waals surface area contributed by atoms with E-state index < -0.39 is 0 Å². The van der Waals surface area contributed by atoms with Gasteiger partial charge in [-0.05, 0) is 11.5 Å². The molecule has 2 heterocycles. The monoisotopic (exact) mass is 217 g/mol. The Kier molecular flexibility index (Phi) is 2.04. The average Bonchev–Trinajstić information content (AvgIpc) is 2.25. The molecule has 0 spiro atoms. The van der Waals surface area contributed by atoms with E-state index in [2.05, 4.69) is 11.1 Å². The SMILES string of the molecule is OC1CN(c2nc[c]c3cccc(F)c23)C1. The zero-order valence-electron chi connectivity index (χ0n) is 8.52. The Morgan fingerprint density at radius 2 is 2.25 bits per heavy atom. The fourth-order valence-corrected chi connectivity index (χ4v) is 1.97. The van der Waals surface area contributed by atoms with Crippen LogP contribution in [0.1, 0.15) is 0 Å². The second-order valence-electron chi connectivity index (χ2n) is 3.95. The van der Waals surface area contributed by atoms with E-state index in [9.17, 15) is 9.50 Å². The first-order chi connectivity index (χ1) is 7.75. The molecule has 1 saturated heterocycles. The molecule has 81 valence electrons. The lowest BCUT2D eigenvalue weighted by atomic mass is 10.1. The van der Waals surface area contributed by atoms with Crippen molar-refractivity contribution in [3.8, 4) is 0 Å². The molecule has 0 saturated carbocycles. The molecule has 1 N–H and O–H groups in total. The van der Waals surface area contributed by atoms with Gasteiger partial charge < -0.3 is 10.0 Å². The zero-order valence-corrected chi connectivity index (χ0v) is 8.52. The normalized spacial score (nSPS) is 16.5. The number of rotatable bonds is 1. The predicted octanol–water partition coefficient (Wildman–Crippen LogP) is 1.35. The minimum atomic E-state index is -0.326. The number of β-amino-alcohol motifs (C(OH)–C–C–N with tert-alkyl or cyclic N) is 1. The third-order valence-electron chi connectivity index (χ3n) is 2.81. The van der Waals surface area contributed by atoms with E-state index in [4.69, 9.17) is 0 Å². The van der Waals surface area contributed by atoms with Crippen LogP contribution in [0.2, 0.25) is 0 Å². The van der Waals surface area contributed by atoms with Gasteiger partial charge in [-0.2, -0.15) is 0 Å². The summed E-state index contributed by atoms with van der Waals surface area (Å²) in [5, 5.41) is 10.4. The van der Waals surface area contributed by atoms with Gasteiger partial charge >= 0.3 is 0 Å². The highest BCUT2D eigenvalue weighted by atomic mass is 19.1. The molecule has 0 unspecified atom stereocenters. The largest absolute Gasteiger partial charge is 0.389 e. The molecule has 1 aromatic heterocycles. The van der Waals surface area contributed by atoms with E-state index in [1.807, 2.05) is 4.90 Å². The number of aliphatic hydroxyl groups excluding tert-OH is 1. The highest BCUT2D eigenvalue weighted by molar-refractivity contribution is 5.92. The van der Waals surface area contributed by atoms with Crippen molar-refractivity contribution in [2.45, 2.75) is 6.10 Å². The van der Waals surface area contributed by atoms with Crippen LogP contribution in [0, 0.1) is 11.9 Å². The van der Waals surface area contributed by atoms with Crippen LogP contribution in [0.5, 0.6) is 0 Å². The van der Waals surface area contributed by atoms with E-state index in [0.717, 1.165) is 0 Å². The zero-order chi connectivity index (χ0) is 11.1. The third kappa shape index (κ3) is 1.34. The maximum absolute atomic E-state index is 13.7. The summed E-state index contributed by atoms with van der Waals surface area (Å²) in [7, 11) is 0.